The van der Waals surface area contributed by atoms with Gasteiger partial charge in [-0.05, 0) is 24.8 Å². The van der Waals surface area contributed by atoms with Crippen LogP contribution in [0.4, 0.5) is 0 Å². The molecule has 1 aliphatic rings. The SMILES string of the molecule is CS(=O)(=O)N1CCC[C@H](C(=O)NCCc2ccccc2)C1. The molecule has 21 heavy (non-hydrogen) atoms. The average Bonchev–Trinajstić information content (AvgIpc) is 2.47. The first-order valence-electron chi connectivity index (χ1n) is 7.23. The summed E-state index contributed by atoms with van der Waals surface area (Å²) in [6.45, 7) is 1.40. The number of rotatable bonds is 5. The maximum Gasteiger partial charge on any atom is 0.224 e. The normalized spacial score (nSPS) is 20.1. The van der Waals surface area contributed by atoms with Crippen molar-refractivity contribution in [3.8, 4) is 0 Å². The molecule has 1 aromatic carbocycles. The molecule has 1 saturated heterocycles. The number of nitrogens with one attached hydrogen (secondary N) is 1. The summed E-state index contributed by atoms with van der Waals surface area (Å²) >= 11 is 0. The minimum Gasteiger partial charge on any atom is -0.355 e. The second-order valence-corrected chi connectivity index (χ2v) is 7.47. The zero-order valence-corrected chi connectivity index (χ0v) is 13.1. The smallest absolute Gasteiger partial charge is 0.224 e. The van der Waals surface area contributed by atoms with Crippen LogP contribution in [0.5, 0.6) is 0 Å². The first-order valence-corrected chi connectivity index (χ1v) is 9.08. The molecule has 2 rings (SSSR count). The first-order chi connectivity index (χ1) is 9.97. The third-order valence-electron chi connectivity index (χ3n) is 3.78. The van der Waals surface area contributed by atoms with Crippen LogP contribution in [-0.4, -0.2) is 44.5 Å². The van der Waals surface area contributed by atoms with Crippen molar-refractivity contribution >= 4 is 15.9 Å². The number of hydrogen-bond donors (Lipinski definition) is 1. The van der Waals surface area contributed by atoms with E-state index < -0.39 is 10.0 Å². The van der Waals surface area contributed by atoms with Gasteiger partial charge in [0.15, 0.2) is 0 Å². The lowest BCUT2D eigenvalue weighted by Gasteiger charge is -2.30. The summed E-state index contributed by atoms with van der Waals surface area (Å²) < 4.78 is 24.5. The van der Waals surface area contributed by atoms with Crippen molar-refractivity contribution in [2.45, 2.75) is 19.3 Å². The summed E-state index contributed by atoms with van der Waals surface area (Å²) in [5.74, 6) is -0.275. The van der Waals surface area contributed by atoms with Crippen LogP contribution in [0.15, 0.2) is 30.3 Å². The highest BCUT2D eigenvalue weighted by Gasteiger charge is 2.29. The van der Waals surface area contributed by atoms with Crippen molar-refractivity contribution in [2.24, 2.45) is 5.92 Å². The predicted octanol–water partition coefficient (Wildman–Crippen LogP) is 1.02. The summed E-state index contributed by atoms with van der Waals surface area (Å²) in [5.41, 5.74) is 1.18. The fourth-order valence-electron chi connectivity index (χ4n) is 2.58. The topological polar surface area (TPSA) is 66.5 Å². The van der Waals surface area contributed by atoms with Crippen LogP contribution >= 0.6 is 0 Å². The van der Waals surface area contributed by atoms with Crippen molar-refractivity contribution in [1.29, 1.82) is 0 Å². The van der Waals surface area contributed by atoms with E-state index in [4.69, 9.17) is 0 Å². The van der Waals surface area contributed by atoms with Crippen molar-refractivity contribution in [3.63, 3.8) is 0 Å². The Hall–Kier alpha value is -1.40. The van der Waals surface area contributed by atoms with Crippen LogP contribution in [0.3, 0.4) is 0 Å². The van der Waals surface area contributed by atoms with E-state index in [1.807, 2.05) is 30.3 Å². The first kappa shape index (κ1) is 16.0. The molecule has 116 valence electrons. The lowest BCUT2D eigenvalue weighted by molar-refractivity contribution is -0.126. The molecule has 0 spiro atoms. The largest absolute Gasteiger partial charge is 0.355 e. The molecule has 0 aliphatic carbocycles. The van der Waals surface area contributed by atoms with E-state index in [2.05, 4.69) is 5.32 Å². The lowest BCUT2D eigenvalue weighted by atomic mass is 9.99. The average molecular weight is 310 g/mol. The van der Waals surface area contributed by atoms with Crippen molar-refractivity contribution in [2.75, 3.05) is 25.9 Å². The lowest BCUT2D eigenvalue weighted by Crippen LogP contribution is -2.45. The van der Waals surface area contributed by atoms with Gasteiger partial charge in [0, 0.05) is 19.6 Å². The molecule has 5 nitrogen and oxygen atoms in total. The molecule has 1 heterocycles. The summed E-state index contributed by atoms with van der Waals surface area (Å²) in [4.78, 5) is 12.1. The molecule has 0 bridgehead atoms. The Morgan fingerprint density at radius 3 is 2.71 bits per heavy atom. The number of hydrogen-bond acceptors (Lipinski definition) is 3. The monoisotopic (exact) mass is 310 g/mol. The Balaban J connectivity index is 1.80. The number of nitrogens with zero attached hydrogens (tertiary/aromatic N) is 1. The van der Waals surface area contributed by atoms with Gasteiger partial charge in [-0.3, -0.25) is 4.79 Å². The third kappa shape index (κ3) is 4.82. The number of piperidine rings is 1. The van der Waals surface area contributed by atoms with Crippen LogP contribution in [0, 0.1) is 5.92 Å². The summed E-state index contributed by atoms with van der Waals surface area (Å²) in [6.07, 6.45) is 3.48. The second kappa shape index (κ2) is 7.04. The van der Waals surface area contributed by atoms with Crippen LogP contribution in [-0.2, 0) is 21.2 Å². The Labute approximate surface area is 126 Å². The standard InChI is InChI=1S/C15H22N2O3S/c1-21(19,20)17-11-5-8-14(12-17)15(18)16-10-9-13-6-3-2-4-7-13/h2-4,6-7,14H,5,8-12H2,1H3,(H,16,18)/t14-/m0/s1. The minimum atomic E-state index is -3.20. The van der Waals surface area contributed by atoms with Gasteiger partial charge in [-0.15, -0.1) is 0 Å². The van der Waals surface area contributed by atoms with Gasteiger partial charge < -0.3 is 5.32 Å². The Kier molecular flexibility index (Phi) is 5.36. The molecule has 1 aliphatic heterocycles. The van der Waals surface area contributed by atoms with Crippen molar-refractivity contribution < 1.29 is 13.2 Å². The Bertz CT molecular complexity index is 572. The quantitative estimate of drug-likeness (QED) is 0.883. The van der Waals surface area contributed by atoms with Crippen LogP contribution in [0.1, 0.15) is 18.4 Å². The van der Waals surface area contributed by atoms with E-state index in [0.29, 0.717) is 19.6 Å². The Morgan fingerprint density at radius 2 is 2.05 bits per heavy atom. The van der Waals surface area contributed by atoms with E-state index in [0.717, 1.165) is 19.3 Å². The molecule has 1 N–H and O–H groups in total. The zero-order chi connectivity index (χ0) is 15.3. The fourth-order valence-corrected chi connectivity index (χ4v) is 3.49. The van der Waals surface area contributed by atoms with Gasteiger partial charge >= 0.3 is 0 Å². The predicted molar refractivity (Wildman–Crippen MR) is 82.3 cm³/mol. The number of carbonyl (C=O) groups is 1. The highest BCUT2D eigenvalue weighted by atomic mass is 32.2. The molecule has 1 aromatic rings. The van der Waals surface area contributed by atoms with Gasteiger partial charge in [0.1, 0.15) is 0 Å². The van der Waals surface area contributed by atoms with Crippen molar-refractivity contribution in [1.82, 2.24) is 9.62 Å². The third-order valence-corrected chi connectivity index (χ3v) is 5.05. The van der Waals surface area contributed by atoms with Gasteiger partial charge in [-0.25, -0.2) is 12.7 Å². The van der Waals surface area contributed by atoms with Crippen LogP contribution in [0.25, 0.3) is 0 Å². The molecule has 0 radical (unpaired) electrons. The molecule has 1 atom stereocenters. The van der Waals surface area contributed by atoms with Gasteiger partial charge in [0.2, 0.25) is 15.9 Å². The number of amides is 1. The highest BCUT2D eigenvalue weighted by Crippen LogP contribution is 2.18. The van der Waals surface area contributed by atoms with Crippen LogP contribution in [0.2, 0.25) is 0 Å². The summed E-state index contributed by atoms with van der Waals surface area (Å²) in [7, 11) is -3.20. The molecular weight excluding hydrogens is 288 g/mol. The summed E-state index contributed by atoms with van der Waals surface area (Å²) in [5, 5.41) is 2.91. The highest BCUT2D eigenvalue weighted by molar-refractivity contribution is 7.88. The molecule has 0 aromatic heterocycles. The van der Waals surface area contributed by atoms with Gasteiger partial charge in [0.05, 0.1) is 12.2 Å². The molecule has 1 fully saturated rings. The van der Waals surface area contributed by atoms with Gasteiger partial charge in [0.25, 0.3) is 0 Å². The molecule has 0 unspecified atom stereocenters. The minimum absolute atomic E-state index is 0.0423. The van der Waals surface area contributed by atoms with E-state index in [9.17, 15) is 13.2 Å². The van der Waals surface area contributed by atoms with E-state index in [-0.39, 0.29) is 11.8 Å². The van der Waals surface area contributed by atoms with Gasteiger partial charge in [-0.2, -0.15) is 0 Å². The van der Waals surface area contributed by atoms with E-state index in [1.54, 1.807) is 0 Å². The maximum atomic E-state index is 12.1. The van der Waals surface area contributed by atoms with E-state index in [1.165, 1.54) is 16.1 Å². The number of carbonyl (C=O) groups excluding carboxylic acids is 1. The molecule has 1 amide bonds. The summed E-state index contributed by atoms with van der Waals surface area (Å²) in [6, 6.07) is 9.96. The molecular formula is C15H22N2O3S. The van der Waals surface area contributed by atoms with E-state index >= 15 is 0 Å². The molecule has 0 saturated carbocycles. The van der Waals surface area contributed by atoms with Gasteiger partial charge in [-0.1, -0.05) is 30.3 Å². The fraction of sp³-hybridized carbons (Fsp3) is 0.533. The number of benzene rings is 1. The zero-order valence-electron chi connectivity index (χ0n) is 12.3. The number of sulfonamides is 1. The van der Waals surface area contributed by atoms with Crippen molar-refractivity contribution in [3.05, 3.63) is 35.9 Å². The Morgan fingerprint density at radius 1 is 1.33 bits per heavy atom. The van der Waals surface area contributed by atoms with Crippen LogP contribution < -0.4 is 5.32 Å². The molecule has 6 heteroatoms. The second-order valence-electron chi connectivity index (χ2n) is 5.49. The maximum absolute atomic E-state index is 12.1.